The number of ether oxygens (including phenoxy) is 1. The molecular formula is C18H25F3N4O. The summed E-state index contributed by atoms with van der Waals surface area (Å²) in [4.78, 5) is 6.67. The lowest BCUT2D eigenvalue weighted by molar-refractivity contribution is -0.0506. The minimum atomic E-state index is -3.00. The van der Waals surface area contributed by atoms with Gasteiger partial charge in [0.15, 0.2) is 5.96 Å². The van der Waals surface area contributed by atoms with E-state index in [0.717, 1.165) is 13.0 Å². The van der Waals surface area contributed by atoms with Crippen molar-refractivity contribution in [3.05, 3.63) is 29.6 Å². The average Bonchev–Trinajstić information content (AvgIpc) is 3.36. The van der Waals surface area contributed by atoms with Gasteiger partial charge in [0.25, 0.3) is 0 Å². The van der Waals surface area contributed by atoms with Crippen molar-refractivity contribution in [2.45, 2.75) is 57.5 Å². The molecule has 0 spiro atoms. The molecule has 1 aliphatic carbocycles. The first kappa shape index (κ1) is 18.8. The first-order chi connectivity index (χ1) is 12.5. The fraction of sp³-hybridized carbons (Fsp3) is 0.611. The molecule has 26 heavy (non-hydrogen) atoms. The van der Waals surface area contributed by atoms with Crippen molar-refractivity contribution in [1.82, 2.24) is 15.5 Å². The molecule has 5 nitrogen and oxygen atoms in total. The highest BCUT2D eigenvalue weighted by molar-refractivity contribution is 5.80. The second-order valence-electron chi connectivity index (χ2n) is 6.87. The molecule has 8 heteroatoms. The summed E-state index contributed by atoms with van der Waals surface area (Å²) in [5.74, 6) is -0.246. The summed E-state index contributed by atoms with van der Waals surface area (Å²) in [6, 6.07) is 5.38. The SMILES string of the molecule is CN=C(NCc1c(F)cccc1OC(F)F)NC1CC(C)N(C2CC2)C1. The zero-order valence-electron chi connectivity index (χ0n) is 15.0. The minimum absolute atomic E-state index is 0.00299. The lowest BCUT2D eigenvalue weighted by atomic mass is 10.2. The van der Waals surface area contributed by atoms with Crippen molar-refractivity contribution in [3.63, 3.8) is 0 Å². The molecule has 2 fully saturated rings. The number of halogens is 3. The van der Waals surface area contributed by atoms with Gasteiger partial charge in [0, 0.05) is 43.8 Å². The number of likely N-dealkylation sites (tertiary alicyclic amines) is 1. The van der Waals surface area contributed by atoms with Crippen molar-refractivity contribution < 1.29 is 17.9 Å². The Morgan fingerprint density at radius 3 is 2.81 bits per heavy atom. The van der Waals surface area contributed by atoms with E-state index >= 15 is 0 Å². The van der Waals surface area contributed by atoms with Gasteiger partial charge in [-0.1, -0.05) is 6.07 Å². The molecule has 2 unspecified atom stereocenters. The lowest BCUT2D eigenvalue weighted by Gasteiger charge is -2.20. The highest BCUT2D eigenvalue weighted by Gasteiger charge is 2.38. The smallest absolute Gasteiger partial charge is 0.387 e. The van der Waals surface area contributed by atoms with Crippen LogP contribution >= 0.6 is 0 Å². The van der Waals surface area contributed by atoms with Gasteiger partial charge in [-0.05, 0) is 38.3 Å². The number of nitrogens with zero attached hydrogens (tertiary/aromatic N) is 2. The van der Waals surface area contributed by atoms with Gasteiger partial charge >= 0.3 is 6.61 Å². The van der Waals surface area contributed by atoms with Crippen LogP contribution < -0.4 is 15.4 Å². The monoisotopic (exact) mass is 370 g/mol. The van der Waals surface area contributed by atoms with E-state index in [4.69, 9.17) is 0 Å². The maximum Gasteiger partial charge on any atom is 0.387 e. The second-order valence-corrected chi connectivity index (χ2v) is 6.87. The predicted octanol–water partition coefficient (Wildman–Crippen LogP) is 2.72. The standard InChI is InChI=1S/C18H25F3N4O/c1-11-8-12(10-25(11)13-6-7-13)24-18(22-2)23-9-14-15(19)4-3-5-16(14)26-17(20)21/h3-5,11-13,17H,6-10H2,1-2H3,(H2,22,23,24). The maximum absolute atomic E-state index is 14.0. The van der Waals surface area contributed by atoms with E-state index in [9.17, 15) is 13.2 Å². The van der Waals surface area contributed by atoms with Gasteiger partial charge in [0.1, 0.15) is 11.6 Å². The Bertz CT molecular complexity index is 651. The summed E-state index contributed by atoms with van der Waals surface area (Å²) < 4.78 is 43.4. The van der Waals surface area contributed by atoms with Crippen LogP contribution in [0.25, 0.3) is 0 Å². The molecule has 144 valence electrons. The molecule has 2 N–H and O–H groups in total. The van der Waals surface area contributed by atoms with Crippen molar-refractivity contribution >= 4 is 5.96 Å². The van der Waals surface area contributed by atoms with Gasteiger partial charge in [-0.3, -0.25) is 9.89 Å². The van der Waals surface area contributed by atoms with E-state index in [1.54, 1.807) is 7.05 Å². The summed E-state index contributed by atoms with van der Waals surface area (Å²) in [5, 5.41) is 6.34. The second kappa shape index (κ2) is 8.16. The molecule has 0 radical (unpaired) electrons. The molecule has 1 saturated carbocycles. The molecule has 2 atom stereocenters. The van der Waals surface area contributed by atoms with Crippen LogP contribution in [0, 0.1) is 5.82 Å². The van der Waals surface area contributed by atoms with E-state index in [-0.39, 0.29) is 23.9 Å². The highest BCUT2D eigenvalue weighted by Crippen LogP contribution is 2.33. The number of aliphatic imine (C=N–C) groups is 1. The molecule has 2 aliphatic rings. The van der Waals surface area contributed by atoms with Crippen LogP contribution in [0.2, 0.25) is 0 Å². The minimum Gasteiger partial charge on any atom is -0.434 e. The van der Waals surface area contributed by atoms with Gasteiger partial charge in [-0.2, -0.15) is 8.78 Å². The molecule has 1 aliphatic heterocycles. The molecule has 1 aromatic rings. The fourth-order valence-corrected chi connectivity index (χ4v) is 3.55. The van der Waals surface area contributed by atoms with Gasteiger partial charge in [-0.25, -0.2) is 4.39 Å². The normalized spacial score (nSPS) is 24.2. The molecule has 0 bridgehead atoms. The number of guanidine groups is 1. The van der Waals surface area contributed by atoms with Gasteiger partial charge in [0.05, 0.1) is 0 Å². The van der Waals surface area contributed by atoms with Gasteiger partial charge in [-0.15, -0.1) is 0 Å². The topological polar surface area (TPSA) is 48.9 Å². The summed E-state index contributed by atoms with van der Waals surface area (Å²) in [7, 11) is 1.63. The van der Waals surface area contributed by atoms with Crippen molar-refractivity contribution in [2.75, 3.05) is 13.6 Å². The summed E-state index contributed by atoms with van der Waals surface area (Å²) in [6.45, 7) is 0.180. The Hall–Kier alpha value is -1.96. The third kappa shape index (κ3) is 4.60. The van der Waals surface area contributed by atoms with E-state index in [1.165, 1.54) is 31.0 Å². The van der Waals surface area contributed by atoms with Crippen LogP contribution in [-0.2, 0) is 6.54 Å². The molecule has 1 saturated heterocycles. The van der Waals surface area contributed by atoms with E-state index < -0.39 is 12.4 Å². The number of nitrogens with one attached hydrogen (secondary N) is 2. The van der Waals surface area contributed by atoms with Crippen LogP contribution in [0.3, 0.4) is 0 Å². The van der Waals surface area contributed by atoms with Crippen LogP contribution in [0.4, 0.5) is 13.2 Å². The van der Waals surface area contributed by atoms with E-state index in [1.807, 2.05) is 0 Å². The van der Waals surface area contributed by atoms with Crippen LogP contribution in [-0.4, -0.2) is 49.2 Å². The van der Waals surface area contributed by atoms with Crippen molar-refractivity contribution in [3.8, 4) is 5.75 Å². The van der Waals surface area contributed by atoms with Crippen molar-refractivity contribution in [1.29, 1.82) is 0 Å². The number of hydrogen-bond donors (Lipinski definition) is 2. The summed E-state index contributed by atoms with van der Waals surface area (Å²) >= 11 is 0. The van der Waals surface area contributed by atoms with Crippen LogP contribution in [0.5, 0.6) is 5.75 Å². The Morgan fingerprint density at radius 2 is 2.15 bits per heavy atom. The third-order valence-electron chi connectivity index (χ3n) is 4.93. The zero-order chi connectivity index (χ0) is 18.7. The van der Waals surface area contributed by atoms with E-state index in [2.05, 4.69) is 32.2 Å². The quantitative estimate of drug-likeness (QED) is 0.597. The largest absolute Gasteiger partial charge is 0.434 e. The predicted molar refractivity (Wildman–Crippen MR) is 94.0 cm³/mol. The molecule has 3 rings (SSSR count). The molecular weight excluding hydrogens is 345 g/mol. The summed E-state index contributed by atoms with van der Waals surface area (Å²) in [6.07, 6.45) is 3.55. The Kier molecular flexibility index (Phi) is 5.90. The number of alkyl halides is 2. The molecule has 1 aromatic carbocycles. The van der Waals surface area contributed by atoms with Gasteiger partial charge < -0.3 is 15.4 Å². The van der Waals surface area contributed by atoms with E-state index in [0.29, 0.717) is 18.0 Å². The first-order valence-corrected chi connectivity index (χ1v) is 8.93. The number of rotatable bonds is 6. The fourth-order valence-electron chi connectivity index (χ4n) is 3.55. The Balaban J connectivity index is 1.58. The zero-order valence-corrected chi connectivity index (χ0v) is 15.0. The summed E-state index contributed by atoms with van der Waals surface area (Å²) in [5.41, 5.74) is 0.0511. The molecule has 0 amide bonds. The van der Waals surface area contributed by atoms with Crippen LogP contribution in [0.15, 0.2) is 23.2 Å². The third-order valence-corrected chi connectivity index (χ3v) is 4.93. The average molecular weight is 370 g/mol. The Morgan fingerprint density at radius 1 is 1.38 bits per heavy atom. The molecule has 0 aromatic heterocycles. The number of benzene rings is 1. The van der Waals surface area contributed by atoms with Crippen molar-refractivity contribution in [2.24, 2.45) is 4.99 Å². The molecule has 1 heterocycles. The number of hydrogen-bond acceptors (Lipinski definition) is 3. The first-order valence-electron chi connectivity index (χ1n) is 8.93. The maximum atomic E-state index is 14.0. The van der Waals surface area contributed by atoms with Crippen LogP contribution in [0.1, 0.15) is 31.7 Å². The highest BCUT2D eigenvalue weighted by atomic mass is 19.3. The lowest BCUT2D eigenvalue weighted by Crippen LogP contribution is -2.44. The van der Waals surface area contributed by atoms with Gasteiger partial charge in [0.2, 0.25) is 0 Å². The Labute approximate surface area is 151 Å².